The third kappa shape index (κ3) is 12.6. The van der Waals surface area contributed by atoms with E-state index in [2.05, 4.69) is 136 Å². The quantitative estimate of drug-likeness (QED) is 0.133. The Hall–Kier alpha value is -3.35. The van der Waals surface area contributed by atoms with E-state index in [1.165, 1.54) is 68.7 Å². The number of hydrogen-bond acceptors (Lipinski definition) is 0. The predicted molar refractivity (Wildman–Crippen MR) is 253 cm³/mol. The second kappa shape index (κ2) is 19.8. The summed E-state index contributed by atoms with van der Waals surface area (Å²) >= 11 is 12.9. The summed E-state index contributed by atoms with van der Waals surface area (Å²) in [6.45, 7) is 28.0. The summed E-state index contributed by atoms with van der Waals surface area (Å²) in [4.78, 5) is 0. The summed E-state index contributed by atoms with van der Waals surface area (Å²) in [7, 11) is 0. The van der Waals surface area contributed by atoms with Crippen LogP contribution in [0.15, 0.2) is 109 Å². The standard InChI is InChI=1S/C29H41.2C10H6Cl.C5H5.CH2.Zr/c1-26(2,3)22-14-18-13-19-15-23(27(4,5)6)25(29(10,11)12)17-21(19)20(18)16-24(22)28(7,8)9;2*11-10-6-5-8-3-1-2-4-9(8)7-10;1-2-4-5-3-1;;/h14,16-17H,13H2,1-12H3;2*1-4,6-7H;1-3H,4H2;1H2;/q4*-1;;. The van der Waals surface area contributed by atoms with Crippen LogP contribution in [-0.2, 0) is 52.3 Å². The van der Waals surface area contributed by atoms with Crippen LogP contribution in [0.2, 0.25) is 10.0 Å². The van der Waals surface area contributed by atoms with E-state index in [-0.39, 0.29) is 21.7 Å². The molecule has 0 radical (unpaired) electrons. The Labute approximate surface area is 376 Å². The van der Waals surface area contributed by atoms with Crippen molar-refractivity contribution in [3.63, 3.8) is 0 Å². The van der Waals surface area contributed by atoms with Crippen LogP contribution in [0, 0.1) is 24.3 Å². The molecule has 3 heteroatoms. The second-order valence-electron chi connectivity index (χ2n) is 19.0. The molecule has 0 atom stereocenters. The first-order valence-corrected chi connectivity index (χ1v) is 22.6. The minimum atomic E-state index is 0.0968. The first-order valence-electron chi connectivity index (χ1n) is 20.1. The SMILES string of the molecule is CC(C)(C)c1[c-]c2c(cc1C(C)(C)C)-c1cc(C(C)(C)C)c(C(C)(C)C)cc1C2.Clc1c[c-]c2ccccc2c1.Clc1c[c-]c2ccccc2c1.[C-]1=CC=CC1.[CH2]=[Zr]. The van der Waals surface area contributed by atoms with E-state index in [0.717, 1.165) is 44.4 Å². The van der Waals surface area contributed by atoms with Gasteiger partial charge in [-0.25, -0.2) is 12.2 Å². The van der Waals surface area contributed by atoms with Gasteiger partial charge in [-0.05, 0) is 49.4 Å². The molecular formula is C55H60Cl2Zr-4. The van der Waals surface area contributed by atoms with Crippen LogP contribution in [0.4, 0.5) is 0 Å². The summed E-state index contributed by atoms with van der Waals surface area (Å²) in [6.07, 6.45) is 11.0. The third-order valence-corrected chi connectivity index (χ3v) is 10.5. The Morgan fingerprint density at radius 3 is 1.45 bits per heavy atom. The van der Waals surface area contributed by atoms with Crippen molar-refractivity contribution in [3.05, 3.63) is 177 Å². The van der Waals surface area contributed by atoms with Crippen molar-refractivity contribution in [3.8, 4) is 11.1 Å². The topological polar surface area (TPSA) is 0 Å². The van der Waals surface area contributed by atoms with E-state index < -0.39 is 0 Å². The molecule has 0 saturated heterocycles. The molecule has 6 aromatic carbocycles. The fourth-order valence-corrected chi connectivity index (χ4v) is 7.49. The van der Waals surface area contributed by atoms with Crippen molar-refractivity contribution in [1.82, 2.24) is 0 Å². The molecule has 0 bridgehead atoms. The molecule has 0 aliphatic heterocycles. The van der Waals surface area contributed by atoms with Crippen LogP contribution in [0.3, 0.4) is 0 Å². The van der Waals surface area contributed by atoms with E-state index in [0.29, 0.717) is 0 Å². The molecule has 0 aromatic heterocycles. The number of rotatable bonds is 0. The molecule has 0 N–H and O–H groups in total. The monoisotopic (exact) mass is 880 g/mol. The average Bonchev–Trinajstić information content (AvgIpc) is 3.86. The normalized spacial score (nSPS) is 12.8. The van der Waals surface area contributed by atoms with Gasteiger partial charge < -0.3 is 0 Å². The van der Waals surface area contributed by atoms with Gasteiger partial charge in [0.1, 0.15) is 0 Å². The summed E-state index contributed by atoms with van der Waals surface area (Å²) in [6, 6.07) is 41.1. The first-order chi connectivity index (χ1) is 27.1. The Morgan fingerprint density at radius 1 is 0.569 bits per heavy atom. The molecule has 0 unspecified atom stereocenters. The van der Waals surface area contributed by atoms with E-state index in [4.69, 9.17) is 23.2 Å². The second-order valence-corrected chi connectivity index (χ2v) is 19.9. The molecule has 0 saturated carbocycles. The van der Waals surface area contributed by atoms with Crippen LogP contribution < -0.4 is 0 Å². The van der Waals surface area contributed by atoms with Crippen molar-refractivity contribution in [2.24, 2.45) is 0 Å². The van der Waals surface area contributed by atoms with Crippen LogP contribution in [0.5, 0.6) is 0 Å². The van der Waals surface area contributed by atoms with E-state index in [9.17, 15) is 0 Å². The zero-order chi connectivity index (χ0) is 43.1. The van der Waals surface area contributed by atoms with Crippen molar-refractivity contribution < 1.29 is 24.2 Å². The van der Waals surface area contributed by atoms with Gasteiger partial charge in [-0.15, -0.1) is 129 Å². The van der Waals surface area contributed by atoms with Crippen LogP contribution in [-0.4, -0.2) is 4.21 Å². The van der Waals surface area contributed by atoms with Crippen molar-refractivity contribution in [2.45, 2.75) is 118 Å². The van der Waals surface area contributed by atoms with E-state index >= 15 is 0 Å². The summed E-state index contributed by atoms with van der Waals surface area (Å²) in [5.41, 5.74) is 11.9. The zero-order valence-electron chi connectivity index (χ0n) is 36.8. The fraction of sp³-hybridized carbons (Fsp3) is 0.327. The van der Waals surface area contributed by atoms with Gasteiger partial charge >= 0.3 is 28.4 Å². The number of fused-ring (bicyclic) bond motifs is 5. The van der Waals surface area contributed by atoms with Gasteiger partial charge in [-0.1, -0.05) is 130 Å². The Bertz CT molecular complexity index is 2220. The molecule has 2 aliphatic carbocycles. The van der Waals surface area contributed by atoms with Crippen molar-refractivity contribution in [1.29, 1.82) is 0 Å². The number of benzene rings is 6. The molecule has 0 amide bonds. The number of allylic oxidation sites excluding steroid dienone is 4. The molecule has 0 heterocycles. The minimum absolute atomic E-state index is 0.0968. The molecular weight excluding hydrogens is 823 g/mol. The van der Waals surface area contributed by atoms with Crippen LogP contribution in [0.1, 0.15) is 123 Å². The summed E-state index contributed by atoms with van der Waals surface area (Å²) in [5.74, 6) is 0. The molecule has 58 heavy (non-hydrogen) atoms. The van der Waals surface area contributed by atoms with Gasteiger partial charge in [0.05, 0.1) is 0 Å². The van der Waals surface area contributed by atoms with E-state index in [1.54, 1.807) is 12.1 Å². The Balaban J connectivity index is 0.000000206. The number of hydrogen-bond donors (Lipinski definition) is 0. The van der Waals surface area contributed by atoms with Crippen LogP contribution in [0.25, 0.3) is 32.7 Å². The fourth-order valence-electron chi connectivity index (χ4n) is 7.15. The van der Waals surface area contributed by atoms with Crippen molar-refractivity contribution in [2.75, 3.05) is 0 Å². The maximum absolute atomic E-state index is 5.79. The summed E-state index contributed by atoms with van der Waals surface area (Å²) in [5, 5.41) is 5.97. The molecule has 2 aliphatic rings. The molecule has 302 valence electrons. The number of halogens is 2. The maximum atomic E-state index is 5.79. The molecule has 8 rings (SSSR count). The Kier molecular flexibility index (Phi) is 16.2. The Morgan fingerprint density at radius 2 is 1.03 bits per heavy atom. The van der Waals surface area contributed by atoms with Gasteiger partial charge in [0.15, 0.2) is 0 Å². The first kappa shape index (κ1) is 47.3. The van der Waals surface area contributed by atoms with Gasteiger partial charge in [-0.2, -0.15) is 23.8 Å². The van der Waals surface area contributed by atoms with Gasteiger partial charge in [0.25, 0.3) is 0 Å². The van der Waals surface area contributed by atoms with E-state index in [1.807, 2.05) is 72.8 Å². The van der Waals surface area contributed by atoms with Gasteiger partial charge in [-0.3, -0.25) is 6.08 Å². The van der Waals surface area contributed by atoms with Crippen molar-refractivity contribution >= 4 is 49.0 Å². The predicted octanol–water partition coefficient (Wildman–Crippen LogP) is 16.1. The zero-order valence-corrected chi connectivity index (χ0v) is 40.7. The van der Waals surface area contributed by atoms with Gasteiger partial charge in [0.2, 0.25) is 0 Å². The molecule has 0 nitrogen and oxygen atoms in total. The summed E-state index contributed by atoms with van der Waals surface area (Å²) < 4.78 is 3.34. The van der Waals surface area contributed by atoms with Gasteiger partial charge in [0, 0.05) is 0 Å². The molecule has 6 aromatic rings. The third-order valence-electron chi connectivity index (χ3n) is 10.1. The molecule has 0 fully saturated rings. The molecule has 0 spiro atoms. The van der Waals surface area contributed by atoms with Crippen LogP contribution >= 0.6 is 23.2 Å². The average molecular weight is 883 g/mol.